The summed E-state index contributed by atoms with van der Waals surface area (Å²) >= 11 is 0. The maximum absolute atomic E-state index is 12.6. The van der Waals surface area contributed by atoms with Gasteiger partial charge in [0.25, 0.3) is 0 Å². The molecule has 0 atom stereocenters. The van der Waals surface area contributed by atoms with E-state index < -0.39 is 5.97 Å². The van der Waals surface area contributed by atoms with Gasteiger partial charge in [0.2, 0.25) is 0 Å². The molecule has 0 unspecified atom stereocenters. The number of rotatable bonds is 4. The van der Waals surface area contributed by atoms with Crippen LogP contribution >= 0.6 is 0 Å². The highest BCUT2D eigenvalue weighted by atomic mass is 16.5. The van der Waals surface area contributed by atoms with Crippen molar-refractivity contribution < 1.29 is 19.4 Å². The van der Waals surface area contributed by atoms with Crippen molar-refractivity contribution in [2.45, 2.75) is 13.5 Å². The number of hydrogen-bond donors (Lipinski definition) is 1. The van der Waals surface area contributed by atoms with E-state index in [0.29, 0.717) is 17.8 Å². The van der Waals surface area contributed by atoms with Crippen LogP contribution in [0.2, 0.25) is 0 Å². The van der Waals surface area contributed by atoms with Crippen molar-refractivity contribution in [3.63, 3.8) is 0 Å². The lowest BCUT2D eigenvalue weighted by atomic mass is 9.90. The van der Waals surface area contributed by atoms with E-state index in [4.69, 9.17) is 4.74 Å². The molecule has 0 saturated heterocycles. The fraction of sp³-hybridized carbons (Fsp3) is 0.120. The van der Waals surface area contributed by atoms with E-state index in [1.54, 1.807) is 23.6 Å². The molecule has 1 aromatic heterocycles. The van der Waals surface area contributed by atoms with Crippen molar-refractivity contribution in [1.82, 2.24) is 4.57 Å². The number of carbonyl (C=O) groups excluding carboxylic acids is 2. The van der Waals surface area contributed by atoms with Crippen molar-refractivity contribution >= 4 is 29.5 Å². The molecule has 0 radical (unpaired) electrons. The van der Waals surface area contributed by atoms with Crippen LogP contribution in [0.15, 0.2) is 60.7 Å². The Morgan fingerprint density at radius 3 is 2.50 bits per heavy atom. The van der Waals surface area contributed by atoms with Gasteiger partial charge in [0.1, 0.15) is 0 Å². The van der Waals surface area contributed by atoms with Crippen molar-refractivity contribution in [2.24, 2.45) is 0 Å². The zero-order valence-corrected chi connectivity index (χ0v) is 16.8. The highest BCUT2D eigenvalue weighted by molar-refractivity contribution is 6.33. The summed E-state index contributed by atoms with van der Waals surface area (Å²) in [6.07, 6.45) is 4.85. The summed E-state index contributed by atoms with van der Waals surface area (Å²) in [7, 11) is 1.30. The van der Waals surface area contributed by atoms with Crippen LogP contribution in [-0.2, 0) is 16.1 Å². The van der Waals surface area contributed by atoms with Gasteiger partial charge in [-0.05, 0) is 35.8 Å². The molecule has 1 aliphatic carbocycles. The maximum atomic E-state index is 12.6. The molecular weight excluding hydrogens is 378 g/mol. The number of carbonyl (C=O) groups is 2. The molecule has 30 heavy (non-hydrogen) atoms. The first kappa shape index (κ1) is 19.5. The topological polar surface area (TPSA) is 68.5 Å². The molecule has 0 amide bonds. The van der Waals surface area contributed by atoms with E-state index in [-0.39, 0.29) is 22.8 Å². The molecule has 0 saturated carbocycles. The van der Waals surface area contributed by atoms with Crippen LogP contribution in [0, 0.1) is 6.92 Å². The van der Waals surface area contributed by atoms with E-state index in [2.05, 4.69) is 0 Å². The smallest absolute Gasteiger partial charge is 0.340 e. The van der Waals surface area contributed by atoms with Crippen LogP contribution in [0.25, 0.3) is 17.7 Å². The minimum atomic E-state index is -0.562. The second-order valence-corrected chi connectivity index (χ2v) is 7.10. The van der Waals surface area contributed by atoms with Crippen molar-refractivity contribution in [1.29, 1.82) is 0 Å². The van der Waals surface area contributed by atoms with Crippen LogP contribution in [0.5, 0.6) is 5.88 Å². The number of ketones is 1. The Labute approximate surface area is 174 Å². The van der Waals surface area contributed by atoms with E-state index in [0.717, 1.165) is 16.7 Å². The molecule has 0 bridgehead atoms. The summed E-state index contributed by atoms with van der Waals surface area (Å²) < 4.78 is 6.63. The number of aromatic hydroxyl groups is 1. The lowest BCUT2D eigenvalue weighted by Gasteiger charge is -2.13. The first-order chi connectivity index (χ1) is 14.5. The minimum absolute atomic E-state index is 0.0795. The zero-order valence-electron chi connectivity index (χ0n) is 16.8. The minimum Gasteiger partial charge on any atom is -0.494 e. The highest BCUT2D eigenvalue weighted by Gasteiger charge is 2.27. The Balaban J connectivity index is 1.90. The number of nitrogens with zero attached hydrogens (tertiary/aromatic N) is 1. The van der Waals surface area contributed by atoms with Gasteiger partial charge in [-0.3, -0.25) is 4.79 Å². The van der Waals surface area contributed by atoms with Gasteiger partial charge in [0, 0.05) is 11.3 Å². The third kappa shape index (κ3) is 3.35. The van der Waals surface area contributed by atoms with Gasteiger partial charge in [-0.1, -0.05) is 60.7 Å². The number of methoxy groups -OCH3 is 1. The Hall–Kier alpha value is -3.86. The summed E-state index contributed by atoms with van der Waals surface area (Å²) in [5.74, 6) is -0.824. The quantitative estimate of drug-likeness (QED) is 0.519. The van der Waals surface area contributed by atoms with Gasteiger partial charge in [-0.25, -0.2) is 4.79 Å². The third-order valence-corrected chi connectivity index (χ3v) is 5.32. The number of ether oxygens (including phenoxy) is 1. The molecule has 4 rings (SSSR count). The molecule has 2 aromatic carbocycles. The predicted octanol–water partition coefficient (Wildman–Crippen LogP) is 4.47. The molecule has 1 N–H and O–H groups in total. The predicted molar refractivity (Wildman–Crippen MR) is 116 cm³/mol. The summed E-state index contributed by atoms with van der Waals surface area (Å²) in [5.41, 5.74) is 4.16. The van der Waals surface area contributed by atoms with Gasteiger partial charge in [-0.2, -0.15) is 0 Å². The lowest BCUT2D eigenvalue weighted by Crippen LogP contribution is -2.07. The van der Waals surface area contributed by atoms with Gasteiger partial charge < -0.3 is 14.4 Å². The number of esters is 1. The largest absolute Gasteiger partial charge is 0.494 e. The molecule has 0 spiro atoms. The first-order valence-corrected chi connectivity index (χ1v) is 9.59. The third-order valence-electron chi connectivity index (χ3n) is 5.32. The van der Waals surface area contributed by atoms with Crippen LogP contribution in [0.3, 0.4) is 0 Å². The molecular formula is C25H21NO4. The molecule has 5 nitrogen and oxygen atoms in total. The summed E-state index contributed by atoms with van der Waals surface area (Å²) in [6, 6.07) is 17.2. The average molecular weight is 399 g/mol. The highest BCUT2D eigenvalue weighted by Crippen LogP contribution is 2.35. The number of aromatic nitrogens is 1. The molecule has 1 aliphatic rings. The first-order valence-electron chi connectivity index (χ1n) is 9.59. The second-order valence-electron chi connectivity index (χ2n) is 7.10. The van der Waals surface area contributed by atoms with Crippen LogP contribution in [0.1, 0.15) is 38.3 Å². The van der Waals surface area contributed by atoms with E-state index in [1.807, 2.05) is 54.6 Å². The summed E-state index contributed by atoms with van der Waals surface area (Å²) in [4.78, 5) is 25.2. The SMILES string of the molecule is COC(=O)c1c(/C=C2/C(=O)C=Cc3ccccc32)c(O)n(Cc2ccccc2)c1C. The van der Waals surface area contributed by atoms with E-state index in [1.165, 1.54) is 13.2 Å². The number of benzene rings is 2. The normalized spacial score (nSPS) is 14.1. The number of fused-ring (bicyclic) bond motifs is 1. The summed E-state index contributed by atoms with van der Waals surface area (Å²) in [5, 5.41) is 11.0. The monoisotopic (exact) mass is 399 g/mol. The Morgan fingerprint density at radius 1 is 1.07 bits per heavy atom. The molecule has 3 aromatic rings. The zero-order chi connectivity index (χ0) is 21.3. The Kier molecular flexibility index (Phi) is 5.11. The molecule has 5 heteroatoms. The van der Waals surface area contributed by atoms with Gasteiger partial charge >= 0.3 is 5.97 Å². The Bertz CT molecular complexity index is 1200. The molecule has 1 heterocycles. The number of hydrogen-bond acceptors (Lipinski definition) is 4. The lowest BCUT2D eigenvalue weighted by molar-refractivity contribution is -0.109. The second kappa shape index (κ2) is 7.87. The van der Waals surface area contributed by atoms with Gasteiger partial charge in [-0.15, -0.1) is 0 Å². The van der Waals surface area contributed by atoms with Gasteiger partial charge in [0.15, 0.2) is 11.7 Å². The van der Waals surface area contributed by atoms with E-state index in [9.17, 15) is 14.7 Å². The molecule has 0 fully saturated rings. The van der Waals surface area contributed by atoms with E-state index >= 15 is 0 Å². The molecule has 0 aliphatic heterocycles. The van der Waals surface area contributed by atoms with Crippen LogP contribution in [0.4, 0.5) is 0 Å². The molecule has 150 valence electrons. The maximum Gasteiger partial charge on any atom is 0.340 e. The van der Waals surface area contributed by atoms with Crippen LogP contribution < -0.4 is 0 Å². The van der Waals surface area contributed by atoms with Crippen LogP contribution in [-0.4, -0.2) is 28.5 Å². The Morgan fingerprint density at radius 2 is 1.77 bits per heavy atom. The average Bonchev–Trinajstić information content (AvgIpc) is 3.00. The standard InChI is InChI=1S/C25H21NO4/c1-16-23(25(29)30-2)21(24(28)26(16)15-17-8-4-3-5-9-17)14-20-19-11-7-6-10-18(19)12-13-22(20)27/h3-14,28H,15H2,1-2H3/b20-14+. The number of allylic oxidation sites excluding steroid dienone is 2. The van der Waals surface area contributed by atoms with Crippen molar-refractivity contribution in [3.05, 3.63) is 94.2 Å². The van der Waals surface area contributed by atoms with Gasteiger partial charge in [0.05, 0.1) is 24.8 Å². The van der Waals surface area contributed by atoms with Crippen molar-refractivity contribution in [3.8, 4) is 5.88 Å². The fourth-order valence-corrected chi connectivity index (χ4v) is 3.77. The van der Waals surface area contributed by atoms with Crippen molar-refractivity contribution in [2.75, 3.05) is 7.11 Å². The fourth-order valence-electron chi connectivity index (χ4n) is 3.77. The summed E-state index contributed by atoms with van der Waals surface area (Å²) in [6.45, 7) is 2.14.